The van der Waals surface area contributed by atoms with E-state index in [1.807, 2.05) is 102 Å². The minimum atomic E-state index is -0.720. The maximum absolute atomic E-state index is 14.7. The van der Waals surface area contributed by atoms with E-state index in [4.69, 9.17) is 9.47 Å². The fourth-order valence-electron chi connectivity index (χ4n) is 6.51. The number of nitrogens with zero attached hydrogens (tertiary/aromatic N) is 3. The Morgan fingerprint density at radius 1 is 0.633 bits per heavy atom. The first-order chi connectivity index (χ1) is 24.1. The first-order valence-electron chi connectivity index (χ1n) is 16.9. The number of carbonyl (C=O) groups excluding carboxylic acids is 2. The minimum absolute atomic E-state index is 0.0546. The van der Waals surface area contributed by atoms with E-state index in [0.717, 1.165) is 16.9 Å². The normalized spacial score (nSPS) is 13.9. The van der Waals surface area contributed by atoms with Gasteiger partial charge < -0.3 is 19.3 Å². The molecular weight excluding hydrogens is 610 g/mol. The molecule has 1 aliphatic heterocycles. The van der Waals surface area contributed by atoms with E-state index in [1.165, 1.54) is 11.1 Å². The number of hydrogen-bond acceptors (Lipinski definition) is 5. The molecule has 7 nitrogen and oxygen atoms in total. The van der Waals surface area contributed by atoms with Gasteiger partial charge in [-0.15, -0.1) is 0 Å². The molecule has 0 radical (unpaired) electrons. The SMILES string of the molecule is COc1ccc(CN(C(=O)COc2ccccc2)C(Cc2ccccc2)C(=O)N2CCN(C(c3ccccc3)c3ccccc3)CC2)cc1. The van der Waals surface area contributed by atoms with Gasteiger partial charge in [0, 0.05) is 39.1 Å². The first kappa shape index (κ1) is 33.5. The number of hydrogen-bond donors (Lipinski definition) is 0. The average Bonchev–Trinajstić information content (AvgIpc) is 3.17. The van der Waals surface area contributed by atoms with E-state index in [9.17, 15) is 9.59 Å². The maximum atomic E-state index is 14.7. The molecule has 250 valence electrons. The predicted octanol–water partition coefficient (Wildman–Crippen LogP) is 6.65. The monoisotopic (exact) mass is 653 g/mol. The lowest BCUT2D eigenvalue weighted by Crippen LogP contribution is -2.57. The van der Waals surface area contributed by atoms with Crippen molar-refractivity contribution in [2.45, 2.75) is 25.0 Å². The number of para-hydroxylation sites is 1. The largest absolute Gasteiger partial charge is 0.497 e. The number of piperazine rings is 1. The van der Waals surface area contributed by atoms with Crippen LogP contribution >= 0.6 is 0 Å². The van der Waals surface area contributed by atoms with Gasteiger partial charge in [-0.05, 0) is 46.5 Å². The zero-order valence-corrected chi connectivity index (χ0v) is 27.9. The molecule has 0 aromatic heterocycles. The van der Waals surface area contributed by atoms with E-state index < -0.39 is 6.04 Å². The van der Waals surface area contributed by atoms with Crippen molar-refractivity contribution in [1.29, 1.82) is 0 Å². The zero-order valence-electron chi connectivity index (χ0n) is 27.9. The van der Waals surface area contributed by atoms with E-state index in [1.54, 1.807) is 12.0 Å². The van der Waals surface area contributed by atoms with Crippen LogP contribution in [0.25, 0.3) is 0 Å². The van der Waals surface area contributed by atoms with Gasteiger partial charge in [-0.3, -0.25) is 14.5 Å². The summed E-state index contributed by atoms with van der Waals surface area (Å²) in [7, 11) is 1.63. The lowest BCUT2D eigenvalue weighted by Gasteiger charge is -2.42. The molecule has 6 rings (SSSR count). The third-order valence-corrected chi connectivity index (χ3v) is 9.09. The summed E-state index contributed by atoms with van der Waals surface area (Å²) in [4.78, 5) is 34.9. The van der Waals surface area contributed by atoms with Gasteiger partial charge in [-0.25, -0.2) is 0 Å². The molecule has 5 aromatic carbocycles. The van der Waals surface area contributed by atoms with Gasteiger partial charge in [0.2, 0.25) is 5.91 Å². The van der Waals surface area contributed by atoms with Gasteiger partial charge in [0.1, 0.15) is 17.5 Å². The summed E-state index contributed by atoms with van der Waals surface area (Å²) in [6.07, 6.45) is 0.393. The lowest BCUT2D eigenvalue weighted by molar-refractivity contribution is -0.148. The third kappa shape index (κ3) is 8.75. The van der Waals surface area contributed by atoms with Crippen LogP contribution < -0.4 is 9.47 Å². The average molecular weight is 654 g/mol. The van der Waals surface area contributed by atoms with Crippen LogP contribution in [0, 0.1) is 0 Å². The number of amides is 2. The highest BCUT2D eigenvalue weighted by Crippen LogP contribution is 2.30. The fraction of sp³-hybridized carbons (Fsp3) is 0.238. The number of rotatable bonds is 13. The molecule has 0 spiro atoms. The lowest BCUT2D eigenvalue weighted by atomic mass is 9.96. The summed E-state index contributed by atoms with van der Waals surface area (Å²) in [5.74, 6) is 1.03. The van der Waals surface area contributed by atoms with E-state index in [-0.39, 0.29) is 31.0 Å². The van der Waals surface area contributed by atoms with Gasteiger partial charge in [0.25, 0.3) is 5.91 Å². The molecule has 7 heteroatoms. The number of carbonyl (C=O) groups is 2. The predicted molar refractivity (Wildman–Crippen MR) is 192 cm³/mol. The standard InChI is InChI=1S/C42H43N3O4/c1-48-37-24-22-34(23-25-37)31-45(40(46)32-49-38-20-12-5-13-21-38)39(30-33-14-6-2-7-15-33)42(47)44-28-26-43(27-29-44)41(35-16-8-3-9-17-35)36-18-10-4-11-19-36/h2-25,39,41H,26-32H2,1H3. The van der Waals surface area contributed by atoms with Gasteiger partial charge >= 0.3 is 0 Å². The van der Waals surface area contributed by atoms with Crippen LogP contribution in [0.1, 0.15) is 28.3 Å². The molecular formula is C42H43N3O4. The second kappa shape index (κ2) is 16.6. The van der Waals surface area contributed by atoms with Crippen molar-refractivity contribution < 1.29 is 19.1 Å². The van der Waals surface area contributed by atoms with Crippen molar-refractivity contribution in [3.63, 3.8) is 0 Å². The Balaban J connectivity index is 1.26. The highest BCUT2D eigenvalue weighted by molar-refractivity contribution is 5.88. The third-order valence-electron chi connectivity index (χ3n) is 9.09. The second-order valence-electron chi connectivity index (χ2n) is 12.3. The number of methoxy groups -OCH3 is 1. The van der Waals surface area contributed by atoms with Crippen LogP contribution in [0.15, 0.2) is 146 Å². The summed E-state index contributed by atoms with van der Waals surface area (Å²) >= 11 is 0. The summed E-state index contributed by atoms with van der Waals surface area (Å²) in [6, 6.07) is 47.3. The summed E-state index contributed by atoms with van der Waals surface area (Å²) < 4.78 is 11.3. The van der Waals surface area contributed by atoms with Crippen molar-refractivity contribution in [1.82, 2.24) is 14.7 Å². The Kier molecular flexibility index (Phi) is 11.4. The molecule has 5 aromatic rings. The molecule has 2 amide bonds. The molecule has 0 saturated carbocycles. The van der Waals surface area contributed by atoms with Gasteiger partial charge in [0.15, 0.2) is 6.61 Å². The molecule has 1 unspecified atom stereocenters. The smallest absolute Gasteiger partial charge is 0.261 e. The quantitative estimate of drug-likeness (QED) is 0.143. The Labute approximate surface area is 289 Å². The molecule has 1 heterocycles. The van der Waals surface area contributed by atoms with Gasteiger partial charge in [-0.2, -0.15) is 0 Å². The highest BCUT2D eigenvalue weighted by atomic mass is 16.5. The Morgan fingerprint density at radius 2 is 1.16 bits per heavy atom. The van der Waals surface area contributed by atoms with Crippen molar-refractivity contribution >= 4 is 11.8 Å². The van der Waals surface area contributed by atoms with Crippen LogP contribution in [0.5, 0.6) is 11.5 Å². The van der Waals surface area contributed by atoms with E-state index >= 15 is 0 Å². The first-order valence-corrected chi connectivity index (χ1v) is 16.9. The topological polar surface area (TPSA) is 62.3 Å². The number of benzene rings is 5. The Bertz CT molecular complexity index is 1710. The van der Waals surface area contributed by atoms with Gasteiger partial charge in [0.05, 0.1) is 13.2 Å². The maximum Gasteiger partial charge on any atom is 0.261 e. The van der Waals surface area contributed by atoms with Crippen LogP contribution in [0.4, 0.5) is 0 Å². The van der Waals surface area contributed by atoms with Crippen LogP contribution in [-0.2, 0) is 22.6 Å². The molecule has 1 saturated heterocycles. The molecule has 1 atom stereocenters. The van der Waals surface area contributed by atoms with Crippen molar-refractivity contribution in [2.75, 3.05) is 39.9 Å². The van der Waals surface area contributed by atoms with Crippen LogP contribution in [-0.4, -0.2) is 72.5 Å². The molecule has 0 bridgehead atoms. The van der Waals surface area contributed by atoms with Gasteiger partial charge in [-0.1, -0.05) is 121 Å². The van der Waals surface area contributed by atoms with Crippen LogP contribution in [0.2, 0.25) is 0 Å². The Morgan fingerprint density at radius 3 is 1.71 bits per heavy atom. The summed E-state index contributed by atoms with van der Waals surface area (Å²) in [5.41, 5.74) is 4.34. The van der Waals surface area contributed by atoms with E-state index in [2.05, 4.69) is 53.4 Å². The summed E-state index contributed by atoms with van der Waals surface area (Å²) in [5, 5.41) is 0. The van der Waals surface area contributed by atoms with Crippen molar-refractivity contribution in [2.24, 2.45) is 0 Å². The number of ether oxygens (including phenoxy) is 2. The van der Waals surface area contributed by atoms with Crippen molar-refractivity contribution in [3.8, 4) is 11.5 Å². The highest BCUT2D eigenvalue weighted by Gasteiger charge is 2.36. The molecule has 0 N–H and O–H groups in total. The molecule has 1 aliphatic rings. The molecule has 49 heavy (non-hydrogen) atoms. The summed E-state index contributed by atoms with van der Waals surface area (Å²) in [6.45, 7) is 2.62. The van der Waals surface area contributed by atoms with E-state index in [0.29, 0.717) is 38.3 Å². The fourth-order valence-corrected chi connectivity index (χ4v) is 6.51. The van der Waals surface area contributed by atoms with Crippen LogP contribution in [0.3, 0.4) is 0 Å². The van der Waals surface area contributed by atoms with Crippen molar-refractivity contribution in [3.05, 3.63) is 168 Å². The second-order valence-corrected chi connectivity index (χ2v) is 12.3. The zero-order chi connectivity index (χ0) is 33.8. The molecule has 1 fully saturated rings. The molecule has 0 aliphatic carbocycles. The Hall–Kier alpha value is -5.40. The minimum Gasteiger partial charge on any atom is -0.497 e.